The Hall–Kier alpha value is -0.980. The van der Waals surface area contributed by atoms with Gasteiger partial charge in [-0.2, -0.15) is 0 Å². The van der Waals surface area contributed by atoms with Crippen molar-refractivity contribution in [2.75, 3.05) is 27.2 Å². The molecule has 2 N–H and O–H groups in total. The van der Waals surface area contributed by atoms with Gasteiger partial charge >= 0.3 is 0 Å². The Labute approximate surface area is 230 Å². The third kappa shape index (κ3) is 4.05. The summed E-state index contributed by atoms with van der Waals surface area (Å²) >= 11 is 0. The molecule has 1 amide bonds. The van der Waals surface area contributed by atoms with Gasteiger partial charge in [-0.15, -0.1) is 0 Å². The van der Waals surface area contributed by atoms with Gasteiger partial charge in [0, 0.05) is 49.2 Å². The van der Waals surface area contributed by atoms with Gasteiger partial charge in [0.15, 0.2) is 0 Å². The number of hydrogen-bond acceptors (Lipinski definition) is 5. The van der Waals surface area contributed by atoms with E-state index in [1.54, 1.807) is 0 Å². The minimum Gasteiger partial charge on any atom is -0.357 e. The van der Waals surface area contributed by atoms with Crippen LogP contribution in [0.2, 0.25) is 0 Å². The monoisotopic (exact) mass is 527 g/mol. The summed E-state index contributed by atoms with van der Waals surface area (Å²) < 4.78 is 6.97. The van der Waals surface area contributed by atoms with Crippen LogP contribution in [0.3, 0.4) is 0 Å². The fraction of sp³-hybridized carbons (Fsp3) is 0.938. The van der Waals surface area contributed by atoms with Crippen molar-refractivity contribution in [2.45, 2.75) is 110 Å². The van der Waals surface area contributed by atoms with Gasteiger partial charge in [0.05, 0.1) is 6.10 Å². The first kappa shape index (κ1) is 27.2. The van der Waals surface area contributed by atoms with E-state index in [4.69, 9.17) is 4.74 Å². The highest BCUT2D eigenvalue weighted by Gasteiger charge is 2.71. The van der Waals surface area contributed by atoms with E-state index < -0.39 is 0 Å². The largest absolute Gasteiger partial charge is 0.357 e. The number of Topliss-reactive ketones (excluding diaryl/α,β-unsaturated/α-hetero) is 1. The summed E-state index contributed by atoms with van der Waals surface area (Å²) in [5, 5.41) is 7.17. The van der Waals surface area contributed by atoms with E-state index in [1.165, 1.54) is 19.3 Å². The topological polar surface area (TPSA) is 70.7 Å². The van der Waals surface area contributed by atoms with Gasteiger partial charge in [-0.1, -0.05) is 27.7 Å². The lowest BCUT2D eigenvalue weighted by molar-refractivity contribution is -0.160. The van der Waals surface area contributed by atoms with Gasteiger partial charge in [0.1, 0.15) is 11.5 Å². The molecule has 6 aliphatic rings. The number of ketones is 1. The van der Waals surface area contributed by atoms with Crippen molar-refractivity contribution in [3.05, 3.63) is 0 Å². The predicted octanol–water partition coefficient (Wildman–Crippen LogP) is 4.62. The van der Waals surface area contributed by atoms with Gasteiger partial charge in [-0.3, -0.25) is 14.9 Å². The van der Waals surface area contributed by atoms with Crippen molar-refractivity contribution in [1.82, 2.24) is 15.5 Å². The van der Waals surface area contributed by atoms with Crippen molar-refractivity contribution in [3.8, 4) is 0 Å². The zero-order valence-electron chi connectivity index (χ0n) is 24.9. The highest BCUT2D eigenvalue weighted by atomic mass is 16.5. The number of nitrogens with zero attached hydrogens (tertiary/aromatic N) is 1. The molecule has 2 aliphatic heterocycles. The van der Waals surface area contributed by atoms with Crippen LogP contribution in [0.25, 0.3) is 0 Å². The molecule has 6 heteroatoms. The van der Waals surface area contributed by atoms with Crippen LogP contribution < -0.4 is 10.6 Å². The first-order valence-electron chi connectivity index (χ1n) is 15.9. The highest BCUT2D eigenvalue weighted by Crippen LogP contribution is 2.70. The standard InChI is InChI=1S/C32H53N3O3/c1-19-9-13-32(33-18-19)20(2)29-26(38-32)16-25-23-8-7-21-15-22(34-28(37)11-14-35(5)6)10-12-30(21,3)24(23)17-27(36)31(25,29)4/h19-26,29,33H,7-18H2,1-6H3,(H,34,37)/t19-,20+,21+,22+,23-,24+,25+,26+,29+,30+,31-,32-/m1/s1. The first-order valence-corrected chi connectivity index (χ1v) is 15.9. The molecule has 0 bridgehead atoms. The number of hydrogen-bond donors (Lipinski definition) is 2. The molecule has 214 valence electrons. The lowest BCUT2D eigenvalue weighted by atomic mass is 9.44. The van der Waals surface area contributed by atoms with E-state index in [0.717, 1.165) is 51.6 Å². The number of carbonyl (C=O) groups is 2. The molecule has 0 aromatic carbocycles. The molecule has 1 spiro atoms. The zero-order chi connectivity index (χ0) is 27.0. The molecule has 0 aromatic rings. The van der Waals surface area contributed by atoms with Crippen molar-refractivity contribution >= 4 is 11.7 Å². The van der Waals surface area contributed by atoms with Crippen LogP contribution in [0.1, 0.15) is 91.9 Å². The van der Waals surface area contributed by atoms with Gasteiger partial charge in [0.25, 0.3) is 0 Å². The minimum atomic E-state index is -0.236. The van der Waals surface area contributed by atoms with Gasteiger partial charge in [0.2, 0.25) is 5.91 Å². The fourth-order valence-corrected chi connectivity index (χ4v) is 10.9. The van der Waals surface area contributed by atoms with Crippen molar-refractivity contribution in [1.29, 1.82) is 0 Å². The summed E-state index contributed by atoms with van der Waals surface area (Å²) in [4.78, 5) is 28.9. The Balaban J connectivity index is 1.16. The first-order chi connectivity index (χ1) is 18.0. The third-order valence-corrected chi connectivity index (χ3v) is 13.2. The van der Waals surface area contributed by atoms with E-state index in [0.29, 0.717) is 59.7 Å². The molecule has 6 nitrogen and oxygen atoms in total. The summed E-state index contributed by atoms with van der Waals surface area (Å²) in [5.41, 5.74) is -0.233. The number of amides is 1. The molecule has 0 aromatic heterocycles. The quantitative estimate of drug-likeness (QED) is 0.558. The number of piperidine rings is 1. The van der Waals surface area contributed by atoms with Crippen LogP contribution in [0.15, 0.2) is 0 Å². The fourth-order valence-electron chi connectivity index (χ4n) is 10.9. The molecular weight excluding hydrogens is 474 g/mol. The second-order valence-electron chi connectivity index (χ2n) is 15.3. The number of rotatable bonds is 4. The van der Waals surface area contributed by atoms with E-state index in [1.807, 2.05) is 14.1 Å². The van der Waals surface area contributed by atoms with Crippen LogP contribution in [0, 0.1) is 52.3 Å². The normalized spacial score (nSPS) is 51.9. The Bertz CT molecular complexity index is 944. The Morgan fingerprint density at radius 2 is 1.87 bits per heavy atom. The smallest absolute Gasteiger partial charge is 0.221 e. The molecule has 4 aliphatic carbocycles. The summed E-state index contributed by atoms with van der Waals surface area (Å²) in [6.45, 7) is 11.4. The zero-order valence-corrected chi connectivity index (χ0v) is 24.9. The summed E-state index contributed by atoms with van der Waals surface area (Å²) in [6, 6.07) is 0.297. The molecule has 4 saturated carbocycles. The molecule has 0 unspecified atom stereocenters. The van der Waals surface area contributed by atoms with Crippen molar-refractivity contribution < 1.29 is 14.3 Å². The average molecular weight is 528 g/mol. The molecule has 12 atom stereocenters. The van der Waals surface area contributed by atoms with E-state index in [2.05, 4.69) is 43.2 Å². The number of ether oxygens (including phenoxy) is 1. The lowest BCUT2D eigenvalue weighted by Gasteiger charge is -2.60. The van der Waals surface area contributed by atoms with E-state index in [9.17, 15) is 9.59 Å². The second-order valence-corrected chi connectivity index (χ2v) is 15.3. The second kappa shape index (κ2) is 9.55. The summed E-state index contributed by atoms with van der Waals surface area (Å²) in [7, 11) is 4.04. The van der Waals surface area contributed by atoms with Crippen LogP contribution in [0.4, 0.5) is 0 Å². The van der Waals surface area contributed by atoms with Gasteiger partial charge < -0.3 is 15.0 Å². The molecule has 0 radical (unpaired) electrons. The number of nitrogens with one attached hydrogen (secondary N) is 2. The summed E-state index contributed by atoms with van der Waals surface area (Å²) in [5.74, 6) is 4.37. The van der Waals surface area contributed by atoms with Crippen LogP contribution in [0.5, 0.6) is 0 Å². The van der Waals surface area contributed by atoms with Gasteiger partial charge in [-0.05, 0) is 100 Å². The Kier molecular flexibility index (Phi) is 6.83. The van der Waals surface area contributed by atoms with Crippen LogP contribution >= 0.6 is 0 Å². The maximum atomic E-state index is 14.3. The van der Waals surface area contributed by atoms with Crippen molar-refractivity contribution in [2.24, 2.45) is 52.3 Å². The maximum absolute atomic E-state index is 14.3. The maximum Gasteiger partial charge on any atom is 0.221 e. The number of fused-ring (bicyclic) bond motifs is 7. The molecule has 6 fully saturated rings. The third-order valence-electron chi connectivity index (χ3n) is 13.2. The van der Waals surface area contributed by atoms with Crippen LogP contribution in [-0.2, 0) is 14.3 Å². The van der Waals surface area contributed by atoms with Crippen molar-refractivity contribution in [3.63, 3.8) is 0 Å². The SMILES string of the molecule is C[C@@H]1CC[C@@]2(NC1)O[C@H]1C[C@H]3[C@@H]4CC[C@H]5C[C@@H](NC(=O)CCN(C)C)CC[C@]5(C)[C@H]4CC(=O)[C@]3(C)[C@H]1[C@@H]2C. The highest BCUT2D eigenvalue weighted by molar-refractivity contribution is 5.87. The number of carbonyl (C=O) groups excluding carboxylic acids is 2. The molecule has 38 heavy (non-hydrogen) atoms. The predicted molar refractivity (Wildman–Crippen MR) is 149 cm³/mol. The molecular formula is C32H53N3O3. The van der Waals surface area contributed by atoms with E-state index >= 15 is 0 Å². The molecule has 2 saturated heterocycles. The lowest BCUT2D eigenvalue weighted by Crippen LogP contribution is -2.60. The Morgan fingerprint density at radius 1 is 1.08 bits per heavy atom. The van der Waals surface area contributed by atoms with Gasteiger partial charge in [-0.25, -0.2) is 0 Å². The molecule has 6 rings (SSSR count). The minimum absolute atomic E-state index is 0.191. The van der Waals surface area contributed by atoms with Crippen LogP contribution in [-0.4, -0.2) is 61.6 Å². The summed E-state index contributed by atoms with van der Waals surface area (Å²) in [6.07, 6.45) is 10.7. The average Bonchev–Trinajstić information content (AvgIpc) is 3.32. The molecule has 2 heterocycles. The van der Waals surface area contributed by atoms with E-state index in [-0.39, 0.29) is 28.6 Å². The Morgan fingerprint density at radius 3 is 2.58 bits per heavy atom.